The van der Waals surface area contributed by atoms with Crippen molar-refractivity contribution in [3.63, 3.8) is 0 Å². The van der Waals surface area contributed by atoms with E-state index in [1.807, 2.05) is 18.2 Å². The Morgan fingerprint density at radius 2 is 2.09 bits per heavy atom. The Kier molecular flexibility index (Phi) is 9.35. The summed E-state index contributed by atoms with van der Waals surface area (Å²) in [7, 11) is 3.86. The van der Waals surface area contributed by atoms with Gasteiger partial charge in [-0.25, -0.2) is 4.99 Å². The molecule has 1 aromatic carbocycles. The van der Waals surface area contributed by atoms with Crippen molar-refractivity contribution < 1.29 is 14.6 Å². The summed E-state index contributed by atoms with van der Waals surface area (Å²) in [5.74, 6) is 2.11. The van der Waals surface area contributed by atoms with Crippen molar-refractivity contribution in [2.24, 2.45) is 10.4 Å². The van der Waals surface area contributed by atoms with E-state index >= 15 is 0 Å². The van der Waals surface area contributed by atoms with E-state index in [-0.39, 0.29) is 12.0 Å². The van der Waals surface area contributed by atoms with Gasteiger partial charge in [0.25, 0.3) is 0 Å². The van der Waals surface area contributed by atoms with Crippen LogP contribution in [0.3, 0.4) is 0 Å². The molecule has 0 aliphatic carbocycles. The fraction of sp³-hybridized carbons (Fsp3) is 0.538. The predicted octanol–water partition coefficient (Wildman–Crippen LogP) is 3.55. The zero-order valence-corrected chi connectivity index (χ0v) is 22.1. The van der Waals surface area contributed by atoms with Gasteiger partial charge in [0.2, 0.25) is 0 Å². The molecule has 0 aromatic heterocycles. The molecule has 35 heavy (non-hydrogen) atoms. The minimum Gasteiger partial charge on any atom is -0.491 e. The van der Waals surface area contributed by atoms with Gasteiger partial charge in [-0.15, -0.1) is 0 Å². The number of nitrogens with zero attached hydrogens (tertiary/aromatic N) is 2. The smallest absolute Gasteiger partial charge is 0.137 e. The summed E-state index contributed by atoms with van der Waals surface area (Å²) >= 11 is 6.45. The van der Waals surface area contributed by atoms with Crippen LogP contribution in [0.15, 0.2) is 46.5 Å². The number of halogens is 1. The molecule has 1 unspecified atom stereocenters. The number of hydrogen-bond donors (Lipinski definition) is 4. The molecule has 0 saturated carbocycles. The third kappa shape index (κ3) is 7.30. The van der Waals surface area contributed by atoms with E-state index in [0.717, 1.165) is 48.7 Å². The van der Waals surface area contributed by atoms with Crippen molar-refractivity contribution in [1.29, 1.82) is 5.41 Å². The molecule has 2 aliphatic rings. The molecule has 0 spiro atoms. The fourth-order valence-corrected chi connectivity index (χ4v) is 4.35. The maximum atomic E-state index is 10.0. The molecule has 0 amide bonds. The topological polar surface area (TPSA) is 102 Å². The minimum absolute atomic E-state index is 0.148. The lowest BCUT2D eigenvalue weighted by Crippen LogP contribution is -2.41. The van der Waals surface area contributed by atoms with Crippen LogP contribution in [0.5, 0.6) is 5.75 Å². The molecule has 9 heteroatoms. The first-order valence-corrected chi connectivity index (χ1v) is 12.4. The molecule has 192 valence electrons. The standard InChI is InChI=1S/C26H38ClN5O3/c1-26(2,3)22(14-28)25-30-23(13-24(31-25)32(5)19-6-8-34-9-7-19)17-10-18(27)12-21(11-17)35-16-20(33)15-29-4/h10-14,19-20,28-29,31,33H,6-9,15-16H2,1-5H3/b25-22+,28-14?. The highest BCUT2D eigenvalue weighted by molar-refractivity contribution is 6.31. The van der Waals surface area contributed by atoms with Gasteiger partial charge in [0.05, 0.1) is 5.71 Å². The molecular weight excluding hydrogens is 466 g/mol. The number of aliphatic imine (C=N–C) groups is 1. The summed E-state index contributed by atoms with van der Waals surface area (Å²) in [5.41, 5.74) is 2.05. The molecule has 1 fully saturated rings. The summed E-state index contributed by atoms with van der Waals surface area (Å²) in [6, 6.07) is 5.80. The normalized spacial score (nSPS) is 19.3. The van der Waals surface area contributed by atoms with Crippen LogP contribution in [-0.2, 0) is 4.74 Å². The Morgan fingerprint density at radius 3 is 2.71 bits per heavy atom. The second kappa shape index (κ2) is 12.0. The summed E-state index contributed by atoms with van der Waals surface area (Å²) in [4.78, 5) is 7.14. The van der Waals surface area contributed by atoms with Crippen molar-refractivity contribution in [2.45, 2.75) is 45.8 Å². The molecule has 1 atom stereocenters. The van der Waals surface area contributed by atoms with E-state index in [2.05, 4.69) is 43.4 Å². The average molecular weight is 504 g/mol. The molecular formula is C26H38ClN5O3. The van der Waals surface area contributed by atoms with Crippen LogP contribution in [0, 0.1) is 10.8 Å². The van der Waals surface area contributed by atoms with E-state index in [4.69, 9.17) is 31.5 Å². The van der Waals surface area contributed by atoms with Gasteiger partial charge in [-0.3, -0.25) is 0 Å². The number of ether oxygens (including phenoxy) is 2. The zero-order chi connectivity index (χ0) is 25.6. The second-order valence-corrected chi connectivity index (χ2v) is 10.4. The van der Waals surface area contributed by atoms with Gasteiger partial charge in [-0.2, -0.15) is 0 Å². The average Bonchev–Trinajstić information content (AvgIpc) is 2.82. The van der Waals surface area contributed by atoms with Crippen LogP contribution in [0.4, 0.5) is 0 Å². The van der Waals surface area contributed by atoms with Crippen LogP contribution in [-0.4, -0.2) is 74.5 Å². The number of aliphatic hydroxyl groups excluding tert-OH is 1. The van der Waals surface area contributed by atoms with E-state index in [9.17, 15) is 5.11 Å². The third-order valence-corrected chi connectivity index (χ3v) is 6.35. The highest BCUT2D eigenvalue weighted by Crippen LogP contribution is 2.30. The number of aliphatic hydroxyl groups is 1. The lowest BCUT2D eigenvalue weighted by Gasteiger charge is -2.36. The van der Waals surface area contributed by atoms with Crippen molar-refractivity contribution in [3.8, 4) is 5.75 Å². The van der Waals surface area contributed by atoms with E-state index in [1.54, 1.807) is 13.1 Å². The Morgan fingerprint density at radius 1 is 1.37 bits per heavy atom. The lowest BCUT2D eigenvalue weighted by atomic mass is 9.86. The molecule has 1 saturated heterocycles. The number of hydrogen-bond acceptors (Lipinski definition) is 8. The first-order chi connectivity index (χ1) is 16.6. The first-order valence-electron chi connectivity index (χ1n) is 12.0. The van der Waals surface area contributed by atoms with E-state index in [0.29, 0.717) is 29.2 Å². The summed E-state index contributed by atoms with van der Waals surface area (Å²) < 4.78 is 11.4. The van der Waals surface area contributed by atoms with Crippen molar-refractivity contribution in [1.82, 2.24) is 15.5 Å². The SMILES string of the molecule is CNCC(O)COc1cc(Cl)cc(C2=N/C(=C(/C=N)C(C)(C)C)NC(N(C)C3CCOCC3)=C2)c1. The number of allylic oxidation sites excluding steroid dienone is 2. The minimum atomic E-state index is -0.630. The fourth-order valence-electron chi connectivity index (χ4n) is 4.12. The molecule has 2 aliphatic heterocycles. The van der Waals surface area contributed by atoms with Gasteiger partial charge in [-0.1, -0.05) is 32.4 Å². The van der Waals surface area contributed by atoms with Gasteiger partial charge < -0.3 is 35.5 Å². The molecule has 0 radical (unpaired) electrons. The van der Waals surface area contributed by atoms with E-state index < -0.39 is 6.10 Å². The largest absolute Gasteiger partial charge is 0.491 e. The summed E-state index contributed by atoms with van der Waals surface area (Å²) in [6.07, 6.45) is 4.64. The molecule has 4 N–H and O–H groups in total. The maximum absolute atomic E-state index is 10.0. The molecule has 2 heterocycles. The summed E-state index contributed by atoms with van der Waals surface area (Å²) in [5, 5.41) is 25.0. The van der Waals surface area contributed by atoms with Gasteiger partial charge in [0.1, 0.15) is 30.1 Å². The quantitative estimate of drug-likeness (QED) is 0.384. The van der Waals surface area contributed by atoms with Crippen LogP contribution in [0.1, 0.15) is 39.2 Å². The lowest BCUT2D eigenvalue weighted by molar-refractivity contribution is 0.0511. The number of benzene rings is 1. The third-order valence-electron chi connectivity index (χ3n) is 6.13. The maximum Gasteiger partial charge on any atom is 0.137 e. The van der Waals surface area contributed by atoms with Gasteiger partial charge >= 0.3 is 0 Å². The monoisotopic (exact) mass is 503 g/mol. The predicted molar refractivity (Wildman–Crippen MR) is 142 cm³/mol. The van der Waals surface area contributed by atoms with Crippen LogP contribution in [0.2, 0.25) is 5.02 Å². The molecule has 1 aromatic rings. The highest BCUT2D eigenvalue weighted by atomic mass is 35.5. The van der Waals surface area contributed by atoms with E-state index in [1.165, 1.54) is 6.21 Å². The first kappa shape index (κ1) is 27.2. The van der Waals surface area contributed by atoms with Crippen molar-refractivity contribution in [2.75, 3.05) is 40.5 Å². The Labute approximate surface area is 213 Å². The Hall–Kier alpha value is -2.39. The molecule has 0 bridgehead atoms. The van der Waals surface area contributed by atoms with Crippen molar-refractivity contribution >= 4 is 23.5 Å². The number of nitrogens with one attached hydrogen (secondary N) is 3. The zero-order valence-electron chi connectivity index (χ0n) is 21.3. The van der Waals surface area contributed by atoms with Crippen LogP contribution >= 0.6 is 11.6 Å². The van der Waals surface area contributed by atoms with Crippen LogP contribution in [0.25, 0.3) is 0 Å². The Bertz CT molecular complexity index is 993. The van der Waals surface area contributed by atoms with Gasteiger partial charge in [-0.05, 0) is 43.5 Å². The number of rotatable bonds is 9. The Balaban J connectivity index is 2.01. The van der Waals surface area contributed by atoms with Crippen molar-refractivity contribution in [3.05, 3.63) is 52.1 Å². The second-order valence-electron chi connectivity index (χ2n) is 9.96. The van der Waals surface area contributed by atoms with Gasteiger partial charge in [0.15, 0.2) is 0 Å². The molecule has 8 nitrogen and oxygen atoms in total. The van der Waals surface area contributed by atoms with Crippen LogP contribution < -0.4 is 15.4 Å². The van der Waals surface area contributed by atoms with Gasteiger partial charge in [0, 0.05) is 61.3 Å². The number of likely N-dealkylation sites (N-methyl/N-ethyl adjacent to an activating group) is 1. The highest BCUT2D eigenvalue weighted by Gasteiger charge is 2.27. The molecule has 3 rings (SSSR count). The summed E-state index contributed by atoms with van der Waals surface area (Å²) in [6.45, 7) is 8.28.